The molecule has 482 valence electrons. The third kappa shape index (κ3) is 27.1. The number of H-pyrrole nitrogens is 1. The van der Waals surface area contributed by atoms with Gasteiger partial charge in [-0.25, -0.2) is 0 Å². The predicted octanol–water partition coefficient (Wildman–Crippen LogP) is 22.5. The van der Waals surface area contributed by atoms with E-state index in [1.165, 1.54) is 85.9 Å². The molecular formula is C73H99Cl2F3N3O3PtSZr-3. The van der Waals surface area contributed by atoms with E-state index in [9.17, 15) is 21.6 Å². The van der Waals surface area contributed by atoms with E-state index in [1.54, 1.807) is 18.2 Å². The Hall–Kier alpha value is -4.11. The van der Waals surface area contributed by atoms with E-state index in [-0.39, 0.29) is 49.1 Å². The van der Waals surface area contributed by atoms with Gasteiger partial charge < -0.3 is 47.0 Å². The fourth-order valence-corrected chi connectivity index (χ4v) is 11.5. The van der Waals surface area contributed by atoms with E-state index in [4.69, 9.17) is 17.0 Å². The number of nitrogens with zero attached hydrogens (tertiary/aromatic N) is 2. The van der Waals surface area contributed by atoms with Crippen molar-refractivity contribution in [1.29, 1.82) is 0 Å². The summed E-state index contributed by atoms with van der Waals surface area (Å²) in [4.78, 5) is 2.86. The van der Waals surface area contributed by atoms with E-state index in [2.05, 4.69) is 184 Å². The van der Waals surface area contributed by atoms with Gasteiger partial charge in [0.25, 0.3) is 0 Å². The second-order valence-corrected chi connectivity index (χ2v) is 26.8. The fourth-order valence-electron chi connectivity index (χ4n) is 11.0. The van der Waals surface area contributed by atoms with Gasteiger partial charge in [0.15, 0.2) is 0 Å². The Labute approximate surface area is 558 Å². The molecule has 0 radical (unpaired) electrons. The first-order chi connectivity index (χ1) is 40.0. The molecule has 3 heterocycles. The molecule has 3 unspecified atom stereocenters. The molecule has 0 bridgehead atoms. The van der Waals surface area contributed by atoms with Crippen molar-refractivity contribution in [3.63, 3.8) is 0 Å². The number of alkyl halides is 3. The molecule has 3 saturated carbocycles. The summed E-state index contributed by atoms with van der Waals surface area (Å²) in [5.74, 6) is 6.46. The first-order valence-electron chi connectivity index (χ1n) is 29.5. The van der Waals surface area contributed by atoms with E-state index in [0.717, 1.165) is 77.9 Å². The van der Waals surface area contributed by atoms with Gasteiger partial charge >= 0.3 is 53.5 Å². The number of allylic oxidation sites excluding steroid dienone is 2. The largest absolute Gasteiger partial charge is 0.368 e. The Morgan fingerprint density at radius 2 is 1.09 bits per heavy atom. The van der Waals surface area contributed by atoms with Crippen LogP contribution >= 0.6 is 17.0 Å². The van der Waals surface area contributed by atoms with Crippen LogP contribution in [0.15, 0.2) is 189 Å². The number of rotatable bonds is 7. The van der Waals surface area contributed by atoms with Crippen LogP contribution in [0.1, 0.15) is 148 Å². The molecule has 14 heteroatoms. The van der Waals surface area contributed by atoms with Gasteiger partial charge in [0.1, 0.15) is 5.76 Å². The van der Waals surface area contributed by atoms with Crippen molar-refractivity contribution in [1.82, 2.24) is 14.1 Å². The number of benzene rings is 4. The normalized spacial score (nSPS) is 20.2. The van der Waals surface area contributed by atoms with Crippen molar-refractivity contribution >= 4 is 38.6 Å². The molecule has 5 aliphatic carbocycles. The van der Waals surface area contributed by atoms with Gasteiger partial charge in [-0.1, -0.05) is 178 Å². The minimum Gasteiger partial charge on any atom is -0.368 e. The van der Waals surface area contributed by atoms with E-state index < -0.39 is 36.5 Å². The molecule has 3 fully saturated rings. The third-order valence-electron chi connectivity index (χ3n) is 16.4. The number of halogens is 5. The van der Waals surface area contributed by atoms with Crippen LogP contribution in [0.5, 0.6) is 0 Å². The van der Waals surface area contributed by atoms with Gasteiger partial charge in [0.2, 0.25) is 0 Å². The Morgan fingerprint density at radius 1 is 0.632 bits per heavy atom. The molecule has 4 aromatic carbocycles. The monoisotopic (exact) mass is 1510 g/mol. The first-order valence-corrected chi connectivity index (χ1v) is 37.2. The van der Waals surface area contributed by atoms with Crippen LogP contribution in [0.3, 0.4) is 0 Å². The zero-order valence-electron chi connectivity index (χ0n) is 52.1. The molecule has 3 atom stereocenters. The molecule has 7 aromatic rings. The van der Waals surface area contributed by atoms with Crippen molar-refractivity contribution in [2.45, 2.75) is 144 Å². The van der Waals surface area contributed by atoms with Crippen molar-refractivity contribution in [3.05, 3.63) is 246 Å². The maximum Gasteiger partial charge on any atom is 0.0361 e. The average Bonchev–Trinajstić information content (AvgIpc) is 4.06. The molecule has 0 spiro atoms. The zero-order valence-corrected chi connectivity index (χ0v) is 59.2. The molecule has 0 saturated heterocycles. The number of aromatic amines is 1. The number of fused-ring (bicyclic) bond motifs is 3. The SMILES string of the molecule is C.C1=C(n2cccc2)c2ccccc2C1.CC1C(C)C(C)C(C)C1C.O=S(=O)(OC1=CCc2ccccc21)C(F)(F)F.[CH2-]CCC.[CH2-]CCC.[CH3-].[CH3-].[Cl][Zr+2][Cl].[Pt].[c-]1ccccc1-c1ccccc1.c1cc[nH]c1.c1ccn(C2CCC3CCCCC32)c1. The van der Waals surface area contributed by atoms with Gasteiger partial charge in [0, 0.05) is 81.1 Å². The van der Waals surface area contributed by atoms with Crippen molar-refractivity contribution in [2.24, 2.45) is 41.4 Å². The molecule has 0 amide bonds. The Balaban J connectivity index is 0.000000994. The Kier molecular flexibility index (Phi) is 43.1. The molecule has 3 aromatic heterocycles. The summed E-state index contributed by atoms with van der Waals surface area (Å²) in [6, 6.07) is 49.7. The Morgan fingerprint density at radius 3 is 1.57 bits per heavy atom. The van der Waals surface area contributed by atoms with E-state index in [1.807, 2.05) is 60.9 Å². The van der Waals surface area contributed by atoms with Crippen molar-refractivity contribution in [2.75, 3.05) is 0 Å². The second-order valence-electron chi connectivity index (χ2n) is 21.5. The quantitative estimate of drug-likeness (QED) is 0.0982. The van der Waals surface area contributed by atoms with Crippen LogP contribution < -0.4 is 0 Å². The average molecular weight is 1510 g/mol. The minimum absolute atomic E-state index is 0. The second kappa shape index (κ2) is 45.2. The minimum atomic E-state index is -5.59. The van der Waals surface area contributed by atoms with Gasteiger partial charge in [-0.05, 0) is 127 Å². The summed E-state index contributed by atoms with van der Waals surface area (Å²) in [5.41, 5.74) is 2.17. The number of hydrogen-bond acceptors (Lipinski definition) is 3. The van der Waals surface area contributed by atoms with Gasteiger partial charge in [-0.2, -0.15) is 34.4 Å². The smallest absolute Gasteiger partial charge is 0.0361 e. The predicted molar refractivity (Wildman–Crippen MR) is 359 cm³/mol. The standard InChI is InChI=1S/C13H19N.C13H11N.C12H9.C10H7F3O3S.C10H20.C4H5N.2C4H9.CH4.2CH3.2ClH.Pt.Zr/c2*1-2-6-12-11(5-1)7-8-13(12)14-9-3-4-10-14;1-3-7-11(8-4-1)12-9-5-2-6-10-12;11-10(12,13)17(14,15)16-9-6-5-7-3-1-2-4-8(7)9;1-6-7(2)9(4)10(5)8(6)3;1-2-4-5-3-1;2*1-3-4-2;;;;;;;/h3-4,9-13H,1-2,5-8H2;1-6,8-10H,7H2;1-9H;1-4,6H,5H2;6-10H,1-5H3;1-5H;2*1,3-4H2,2H3;1H4;2*1H3;2*1H;;/q;;-1;;;;2*-1;;2*-1;;;;+4/p-2. The molecule has 0 aliphatic heterocycles. The van der Waals surface area contributed by atoms with Crippen molar-refractivity contribution in [3.8, 4) is 11.1 Å². The summed E-state index contributed by atoms with van der Waals surface area (Å²) in [7, 11) is 4.28. The molecule has 6 nitrogen and oxygen atoms in total. The topological polar surface area (TPSA) is 69.0 Å². The van der Waals surface area contributed by atoms with Crippen LogP contribution in [0.2, 0.25) is 0 Å². The number of hydrogen-bond donors (Lipinski definition) is 1. The van der Waals surface area contributed by atoms with Crippen molar-refractivity contribution < 1.29 is 67.7 Å². The molecule has 1 N–H and O–H groups in total. The summed E-state index contributed by atoms with van der Waals surface area (Å²) in [6.45, 7) is 23.4. The third-order valence-corrected chi connectivity index (χ3v) is 17.4. The van der Waals surface area contributed by atoms with E-state index >= 15 is 0 Å². The summed E-state index contributed by atoms with van der Waals surface area (Å²) >= 11 is -0.826. The van der Waals surface area contributed by atoms with Crippen LogP contribution in [0, 0.1) is 76.2 Å². The molecule has 5 aliphatic rings. The van der Waals surface area contributed by atoms with Gasteiger partial charge in [0.05, 0.1) is 0 Å². The number of unbranched alkanes of at least 4 members (excludes halogenated alkanes) is 2. The number of aromatic nitrogens is 3. The first kappa shape index (κ1) is 82.9. The zero-order chi connectivity index (χ0) is 60.6. The van der Waals surface area contributed by atoms with Crippen LogP contribution in [-0.2, 0) is 69.1 Å². The summed E-state index contributed by atoms with van der Waals surface area (Å²) in [5, 5.41) is 0. The molecule has 87 heavy (non-hydrogen) atoms. The fraction of sp³-hybridized carbons (Fsp3) is 0.397. The maximum absolute atomic E-state index is 12.1. The van der Waals surface area contributed by atoms with Crippen LogP contribution in [-0.4, -0.2) is 28.0 Å². The van der Waals surface area contributed by atoms with Crippen LogP contribution in [0.4, 0.5) is 13.2 Å². The van der Waals surface area contributed by atoms with Crippen LogP contribution in [0.25, 0.3) is 22.6 Å². The van der Waals surface area contributed by atoms with E-state index in [0.29, 0.717) is 12.0 Å². The summed E-state index contributed by atoms with van der Waals surface area (Å²) < 4.78 is 66.8. The van der Waals surface area contributed by atoms with Gasteiger partial charge in [-0.15, -0.1) is 35.9 Å². The van der Waals surface area contributed by atoms with Gasteiger partial charge in [-0.3, -0.25) is 0 Å². The number of nitrogens with one attached hydrogen (secondary N) is 1. The maximum atomic E-state index is 12.1. The summed E-state index contributed by atoms with van der Waals surface area (Å²) in [6.07, 6.45) is 30.8. The molecular weight excluding hydrogens is 1410 g/mol. The molecule has 12 rings (SSSR count). The Bertz CT molecular complexity index is 2860.